The Balaban J connectivity index is 1.48. The number of nitrogens with zero attached hydrogens (tertiary/aromatic N) is 4. The zero-order chi connectivity index (χ0) is 22.6. The minimum atomic E-state index is -0.246. The Hall–Kier alpha value is -2.35. The van der Waals surface area contributed by atoms with Crippen LogP contribution in [0.5, 0.6) is 0 Å². The van der Waals surface area contributed by atoms with Gasteiger partial charge < -0.3 is 4.90 Å². The summed E-state index contributed by atoms with van der Waals surface area (Å²) in [5.74, 6) is 0.750. The Morgan fingerprint density at radius 2 is 1.84 bits per heavy atom. The molecule has 2 aliphatic heterocycles. The lowest BCUT2D eigenvalue weighted by Gasteiger charge is -2.25. The molecular formula is C24H23ClN4OS2. The third-order valence-electron chi connectivity index (χ3n) is 6.13. The number of carbonyl (C=O) groups is 1. The fourth-order valence-corrected chi connectivity index (χ4v) is 6.54. The highest BCUT2D eigenvalue weighted by Crippen LogP contribution is 2.47. The van der Waals surface area contributed by atoms with Crippen LogP contribution >= 0.6 is 35.6 Å². The van der Waals surface area contributed by atoms with Gasteiger partial charge in [0, 0.05) is 10.8 Å². The van der Waals surface area contributed by atoms with Gasteiger partial charge in [-0.05, 0) is 50.2 Å². The fourth-order valence-electron chi connectivity index (χ4n) is 4.44. The van der Waals surface area contributed by atoms with Crippen LogP contribution in [0.15, 0.2) is 48.5 Å². The first-order valence-electron chi connectivity index (χ1n) is 10.5. The van der Waals surface area contributed by atoms with Crippen LogP contribution in [-0.4, -0.2) is 37.5 Å². The molecule has 32 heavy (non-hydrogen) atoms. The van der Waals surface area contributed by atoms with E-state index in [9.17, 15) is 4.79 Å². The molecule has 164 valence electrons. The van der Waals surface area contributed by atoms with E-state index in [1.807, 2.05) is 42.8 Å². The molecule has 0 N–H and O–H groups in total. The third kappa shape index (κ3) is 3.43. The third-order valence-corrected chi connectivity index (χ3v) is 8.21. The van der Waals surface area contributed by atoms with Crippen LogP contribution in [0.2, 0.25) is 5.02 Å². The smallest absolute Gasteiger partial charge is 0.257 e. The standard InChI is InChI=1S/C24H23ClN4OS2/c1-14-8-10-17(11-9-14)23-28-20(13-32-23)22(30)29(24(28)31)21-15(2)26-27(16(21)3)12-18-6-4-5-7-19(18)25/h4-11,20,23H,12-13H2,1-3H3/t20-,23+/m1/s1. The van der Waals surface area contributed by atoms with Crippen LogP contribution in [0.3, 0.4) is 0 Å². The minimum Gasteiger partial charge on any atom is -0.319 e. The van der Waals surface area contributed by atoms with E-state index in [2.05, 4.69) is 36.1 Å². The number of aromatic nitrogens is 2. The molecule has 2 fully saturated rings. The number of thiocarbonyl (C=S) groups is 1. The average molecular weight is 483 g/mol. The highest BCUT2D eigenvalue weighted by Gasteiger charge is 2.51. The van der Waals surface area contributed by atoms with Crippen LogP contribution in [0, 0.1) is 20.8 Å². The van der Waals surface area contributed by atoms with E-state index in [0.29, 0.717) is 16.7 Å². The molecule has 2 saturated heterocycles. The SMILES string of the molecule is Cc1ccc([C@@H]2SC[C@@H]3C(=O)N(c4c(C)nn(Cc5ccccc5Cl)c4C)C(=S)N32)cc1. The Bertz CT molecular complexity index is 1220. The van der Waals surface area contributed by atoms with E-state index in [1.54, 1.807) is 16.7 Å². The topological polar surface area (TPSA) is 41.4 Å². The van der Waals surface area contributed by atoms with Gasteiger partial charge in [-0.15, -0.1) is 11.8 Å². The Labute approximate surface area is 202 Å². The zero-order valence-electron chi connectivity index (χ0n) is 18.1. The second-order valence-corrected chi connectivity index (χ2v) is 10.1. The van der Waals surface area contributed by atoms with E-state index >= 15 is 0 Å². The first-order chi connectivity index (χ1) is 15.4. The molecule has 0 radical (unpaired) electrons. The Morgan fingerprint density at radius 1 is 1.12 bits per heavy atom. The summed E-state index contributed by atoms with van der Waals surface area (Å²) in [7, 11) is 0. The van der Waals surface area contributed by atoms with Crippen LogP contribution in [0.25, 0.3) is 0 Å². The van der Waals surface area contributed by atoms with E-state index < -0.39 is 0 Å². The molecule has 1 amide bonds. The largest absolute Gasteiger partial charge is 0.319 e. The van der Waals surface area contributed by atoms with Gasteiger partial charge in [0.2, 0.25) is 0 Å². The minimum absolute atomic E-state index is 0.0283. The molecule has 8 heteroatoms. The molecule has 2 aromatic carbocycles. The van der Waals surface area contributed by atoms with Crippen molar-refractivity contribution in [3.05, 3.63) is 81.6 Å². The number of halogens is 1. The highest BCUT2D eigenvalue weighted by molar-refractivity contribution is 7.99. The van der Waals surface area contributed by atoms with Gasteiger partial charge in [0.25, 0.3) is 5.91 Å². The first kappa shape index (κ1) is 21.5. The van der Waals surface area contributed by atoms with Gasteiger partial charge in [-0.1, -0.05) is 59.6 Å². The summed E-state index contributed by atoms with van der Waals surface area (Å²) in [6.45, 7) is 6.52. The molecular weight excluding hydrogens is 460 g/mol. The van der Waals surface area contributed by atoms with Crippen molar-refractivity contribution in [1.29, 1.82) is 0 Å². The van der Waals surface area contributed by atoms with Crippen LogP contribution in [-0.2, 0) is 11.3 Å². The van der Waals surface area contributed by atoms with Gasteiger partial charge in [-0.2, -0.15) is 5.10 Å². The summed E-state index contributed by atoms with van der Waals surface area (Å²) < 4.78 is 1.90. The Kier molecular flexibility index (Phi) is 5.51. The Morgan fingerprint density at radius 3 is 2.56 bits per heavy atom. The zero-order valence-corrected chi connectivity index (χ0v) is 20.5. The van der Waals surface area contributed by atoms with Crippen molar-refractivity contribution in [2.75, 3.05) is 10.7 Å². The molecule has 3 heterocycles. The number of thioether (sulfide) groups is 1. The van der Waals surface area contributed by atoms with Crippen LogP contribution < -0.4 is 4.90 Å². The average Bonchev–Trinajstić information content (AvgIpc) is 3.39. The maximum atomic E-state index is 13.5. The monoisotopic (exact) mass is 482 g/mol. The van der Waals surface area contributed by atoms with Crippen molar-refractivity contribution in [3.8, 4) is 0 Å². The molecule has 5 rings (SSSR count). The van der Waals surface area contributed by atoms with Crippen molar-refractivity contribution in [2.24, 2.45) is 0 Å². The summed E-state index contributed by atoms with van der Waals surface area (Å²) in [5, 5.41) is 6.02. The fraction of sp³-hybridized carbons (Fsp3) is 0.292. The van der Waals surface area contributed by atoms with E-state index in [4.69, 9.17) is 28.9 Å². The predicted octanol–water partition coefficient (Wildman–Crippen LogP) is 5.26. The number of hydrogen-bond donors (Lipinski definition) is 0. The predicted molar refractivity (Wildman–Crippen MR) is 134 cm³/mol. The summed E-state index contributed by atoms with van der Waals surface area (Å²) >= 11 is 14.0. The number of benzene rings is 2. The molecule has 1 aromatic heterocycles. The van der Waals surface area contributed by atoms with E-state index in [0.717, 1.165) is 28.4 Å². The molecule has 0 saturated carbocycles. The molecule has 0 aliphatic carbocycles. The molecule has 2 atom stereocenters. The molecule has 0 bridgehead atoms. The molecule has 0 unspecified atom stereocenters. The second-order valence-electron chi connectivity index (χ2n) is 8.24. The van der Waals surface area contributed by atoms with Crippen LogP contribution in [0.1, 0.15) is 33.5 Å². The number of rotatable bonds is 4. The number of amides is 1. The lowest BCUT2D eigenvalue weighted by atomic mass is 10.1. The number of aryl methyl sites for hydroxylation is 2. The van der Waals surface area contributed by atoms with Gasteiger partial charge >= 0.3 is 0 Å². The maximum Gasteiger partial charge on any atom is 0.257 e. The van der Waals surface area contributed by atoms with Gasteiger partial charge in [0.05, 0.1) is 23.6 Å². The lowest BCUT2D eigenvalue weighted by molar-refractivity contribution is -0.119. The summed E-state index contributed by atoms with van der Waals surface area (Å²) in [5.41, 5.74) is 5.84. The van der Waals surface area contributed by atoms with Crippen molar-refractivity contribution < 1.29 is 4.79 Å². The highest BCUT2D eigenvalue weighted by atomic mass is 35.5. The molecule has 2 aliphatic rings. The van der Waals surface area contributed by atoms with Gasteiger partial charge in [0.1, 0.15) is 11.4 Å². The van der Waals surface area contributed by atoms with Gasteiger partial charge in [-0.25, -0.2) is 0 Å². The van der Waals surface area contributed by atoms with Crippen molar-refractivity contribution in [2.45, 2.75) is 38.7 Å². The van der Waals surface area contributed by atoms with Gasteiger partial charge in [0.15, 0.2) is 5.11 Å². The quantitative estimate of drug-likeness (QED) is 0.474. The van der Waals surface area contributed by atoms with Crippen molar-refractivity contribution >= 4 is 52.3 Å². The summed E-state index contributed by atoms with van der Waals surface area (Å²) in [6.07, 6.45) is 0. The molecule has 0 spiro atoms. The second kappa shape index (κ2) is 8.21. The number of carbonyl (C=O) groups excluding carboxylic acids is 1. The van der Waals surface area contributed by atoms with Gasteiger partial charge in [-0.3, -0.25) is 14.4 Å². The first-order valence-corrected chi connectivity index (χ1v) is 12.3. The van der Waals surface area contributed by atoms with Crippen molar-refractivity contribution in [3.63, 3.8) is 0 Å². The summed E-state index contributed by atoms with van der Waals surface area (Å²) in [4.78, 5) is 17.3. The van der Waals surface area contributed by atoms with E-state index in [1.165, 1.54) is 11.1 Å². The van der Waals surface area contributed by atoms with E-state index in [-0.39, 0.29) is 17.3 Å². The van der Waals surface area contributed by atoms with Crippen molar-refractivity contribution in [1.82, 2.24) is 14.7 Å². The number of hydrogen-bond acceptors (Lipinski definition) is 4. The molecule has 5 nitrogen and oxygen atoms in total. The normalized spacial score (nSPS) is 20.4. The summed E-state index contributed by atoms with van der Waals surface area (Å²) in [6, 6.07) is 16.0. The molecule has 3 aromatic rings. The number of fused-ring (bicyclic) bond motifs is 1. The number of anilines is 1. The van der Waals surface area contributed by atoms with Crippen LogP contribution in [0.4, 0.5) is 5.69 Å². The maximum absolute atomic E-state index is 13.5. The lowest BCUT2D eigenvalue weighted by Crippen LogP contribution is -2.34.